The van der Waals surface area contributed by atoms with Crippen LogP contribution in [0.2, 0.25) is 0 Å². The van der Waals surface area contributed by atoms with E-state index in [1.54, 1.807) is 20.1 Å². The molecule has 0 radical (unpaired) electrons. The minimum atomic E-state index is -0.110. The number of ether oxygens (including phenoxy) is 1. The molecule has 8 heteroatoms. The number of aryl methyl sites for hydroxylation is 1. The first-order valence-corrected chi connectivity index (χ1v) is 9.45. The van der Waals surface area contributed by atoms with E-state index in [1.165, 1.54) is 0 Å². The number of aromatic nitrogens is 2. The Morgan fingerprint density at radius 3 is 2.75 bits per heavy atom. The van der Waals surface area contributed by atoms with Crippen molar-refractivity contribution in [2.75, 3.05) is 37.4 Å². The lowest BCUT2D eigenvalue weighted by Crippen LogP contribution is -2.43. The van der Waals surface area contributed by atoms with Gasteiger partial charge in [-0.05, 0) is 38.8 Å². The highest BCUT2D eigenvalue weighted by Gasteiger charge is 2.21. The van der Waals surface area contributed by atoms with Gasteiger partial charge in [0.05, 0.1) is 13.7 Å². The number of likely N-dealkylation sites (tertiary alicyclic amines) is 1. The number of H-pyrrole nitrogens is 1. The molecule has 3 rings (SSSR count). The number of carbonyl (C=O) groups excluding carboxylic acids is 1. The molecule has 1 aromatic heterocycles. The highest BCUT2D eigenvalue weighted by atomic mass is 16.5. The molecular weight excluding hydrogens is 358 g/mol. The zero-order valence-corrected chi connectivity index (χ0v) is 16.5. The molecule has 0 spiro atoms. The number of aromatic amines is 1. The van der Waals surface area contributed by atoms with Crippen molar-refractivity contribution in [3.8, 4) is 5.75 Å². The molecule has 0 bridgehead atoms. The van der Waals surface area contributed by atoms with E-state index in [4.69, 9.17) is 4.74 Å². The monoisotopic (exact) mass is 385 g/mol. The van der Waals surface area contributed by atoms with Crippen molar-refractivity contribution in [1.29, 1.82) is 0 Å². The van der Waals surface area contributed by atoms with E-state index in [9.17, 15) is 9.59 Å². The molecule has 2 aromatic rings. The van der Waals surface area contributed by atoms with Crippen molar-refractivity contribution >= 4 is 17.5 Å². The molecule has 0 saturated carbocycles. The van der Waals surface area contributed by atoms with Gasteiger partial charge in [-0.1, -0.05) is 6.07 Å². The quantitative estimate of drug-likeness (QED) is 0.703. The molecule has 3 N–H and O–H groups in total. The van der Waals surface area contributed by atoms with Gasteiger partial charge in [-0.2, -0.15) is 0 Å². The van der Waals surface area contributed by atoms with Gasteiger partial charge >= 0.3 is 0 Å². The largest absolute Gasteiger partial charge is 0.497 e. The third-order valence-corrected chi connectivity index (χ3v) is 5.04. The zero-order chi connectivity index (χ0) is 20.1. The average molecular weight is 385 g/mol. The van der Waals surface area contributed by atoms with Gasteiger partial charge in [0.15, 0.2) is 0 Å². The van der Waals surface area contributed by atoms with Gasteiger partial charge in [-0.15, -0.1) is 0 Å². The van der Waals surface area contributed by atoms with E-state index in [-0.39, 0.29) is 17.5 Å². The maximum Gasteiger partial charge on any atom is 0.255 e. The minimum absolute atomic E-state index is 0.0418. The van der Waals surface area contributed by atoms with Crippen molar-refractivity contribution in [1.82, 2.24) is 14.9 Å². The number of piperidine rings is 1. The Morgan fingerprint density at radius 2 is 2.07 bits per heavy atom. The summed E-state index contributed by atoms with van der Waals surface area (Å²) in [4.78, 5) is 33.5. The van der Waals surface area contributed by atoms with Crippen LogP contribution in [0, 0.1) is 13.8 Å². The van der Waals surface area contributed by atoms with Crippen LogP contribution in [0.25, 0.3) is 0 Å². The normalized spacial score (nSPS) is 15.2. The lowest BCUT2D eigenvalue weighted by molar-refractivity contribution is -0.117. The number of amides is 1. The summed E-state index contributed by atoms with van der Waals surface area (Å²) in [6.07, 6.45) is 1.76. The average Bonchev–Trinajstić information content (AvgIpc) is 2.67. The van der Waals surface area contributed by atoms with E-state index in [0.717, 1.165) is 37.3 Å². The van der Waals surface area contributed by atoms with Gasteiger partial charge in [0, 0.05) is 42.1 Å². The third-order valence-electron chi connectivity index (χ3n) is 5.04. The lowest BCUT2D eigenvalue weighted by atomic mass is 10.1. The van der Waals surface area contributed by atoms with Crippen molar-refractivity contribution in [2.45, 2.75) is 32.7 Å². The van der Waals surface area contributed by atoms with Crippen LogP contribution in [0.3, 0.4) is 0 Å². The molecule has 0 atom stereocenters. The van der Waals surface area contributed by atoms with Crippen LogP contribution < -0.4 is 20.9 Å². The second kappa shape index (κ2) is 8.88. The summed E-state index contributed by atoms with van der Waals surface area (Å²) in [6, 6.07) is 7.55. The Labute approximate surface area is 164 Å². The van der Waals surface area contributed by atoms with Crippen molar-refractivity contribution in [2.24, 2.45) is 0 Å². The van der Waals surface area contributed by atoms with E-state index in [0.29, 0.717) is 23.8 Å². The maximum absolute atomic E-state index is 12.3. The molecule has 1 aliphatic rings. The summed E-state index contributed by atoms with van der Waals surface area (Å²) in [6.45, 7) is 5.55. The number of methoxy groups -OCH3 is 1. The van der Waals surface area contributed by atoms with Gasteiger partial charge in [0.2, 0.25) is 11.9 Å². The lowest BCUT2D eigenvalue weighted by Gasteiger charge is -2.32. The topological polar surface area (TPSA) is 99.3 Å². The second-order valence-electron chi connectivity index (χ2n) is 7.10. The molecule has 28 heavy (non-hydrogen) atoms. The van der Waals surface area contributed by atoms with Gasteiger partial charge < -0.3 is 15.4 Å². The highest BCUT2D eigenvalue weighted by molar-refractivity contribution is 5.92. The zero-order valence-electron chi connectivity index (χ0n) is 16.5. The van der Waals surface area contributed by atoms with Crippen LogP contribution >= 0.6 is 0 Å². The molecule has 1 fully saturated rings. The molecule has 0 aliphatic carbocycles. The van der Waals surface area contributed by atoms with Crippen molar-refractivity contribution < 1.29 is 9.53 Å². The Balaban J connectivity index is 1.47. The number of anilines is 2. The first-order chi connectivity index (χ1) is 13.4. The fraction of sp³-hybridized carbons (Fsp3) is 0.450. The number of nitrogens with one attached hydrogen (secondary N) is 3. The van der Waals surface area contributed by atoms with Gasteiger partial charge in [0.25, 0.3) is 5.56 Å². The smallest absolute Gasteiger partial charge is 0.255 e. The Hall–Kier alpha value is -2.87. The van der Waals surface area contributed by atoms with E-state index >= 15 is 0 Å². The SMILES string of the molecule is COc1cccc(NC(=O)CN2CCC(Nc3nc(C)c(C)c(=O)[nH]3)CC2)c1. The summed E-state index contributed by atoms with van der Waals surface area (Å²) in [7, 11) is 1.60. The predicted molar refractivity (Wildman–Crippen MR) is 109 cm³/mol. The van der Waals surface area contributed by atoms with Gasteiger partial charge in [0.1, 0.15) is 5.75 Å². The Morgan fingerprint density at radius 1 is 1.32 bits per heavy atom. The summed E-state index contributed by atoms with van der Waals surface area (Å²) < 4.78 is 5.17. The van der Waals surface area contributed by atoms with Crippen LogP contribution in [-0.4, -0.2) is 53.6 Å². The third kappa shape index (κ3) is 5.10. The van der Waals surface area contributed by atoms with Crippen LogP contribution in [0.5, 0.6) is 5.75 Å². The molecule has 8 nitrogen and oxygen atoms in total. The van der Waals surface area contributed by atoms with E-state index < -0.39 is 0 Å². The summed E-state index contributed by atoms with van der Waals surface area (Å²) in [5, 5.41) is 6.22. The van der Waals surface area contributed by atoms with Crippen LogP contribution in [0.1, 0.15) is 24.1 Å². The predicted octanol–water partition coefficient (Wildman–Crippen LogP) is 1.91. The maximum atomic E-state index is 12.3. The molecule has 1 amide bonds. The van der Waals surface area contributed by atoms with Crippen molar-refractivity contribution in [3.63, 3.8) is 0 Å². The number of hydrogen-bond acceptors (Lipinski definition) is 6. The molecule has 1 saturated heterocycles. The number of hydrogen-bond donors (Lipinski definition) is 3. The Bertz CT molecular complexity index is 888. The summed E-state index contributed by atoms with van der Waals surface area (Å²) in [5.74, 6) is 1.19. The fourth-order valence-corrected chi connectivity index (χ4v) is 3.25. The van der Waals surface area contributed by atoms with Gasteiger partial charge in [-0.25, -0.2) is 4.98 Å². The first kappa shape index (κ1) is 19.9. The number of benzene rings is 1. The van der Waals surface area contributed by atoms with Crippen LogP contribution in [-0.2, 0) is 4.79 Å². The Kier molecular flexibility index (Phi) is 6.30. The molecule has 1 aliphatic heterocycles. The highest BCUT2D eigenvalue weighted by Crippen LogP contribution is 2.17. The van der Waals surface area contributed by atoms with Crippen LogP contribution in [0.4, 0.5) is 11.6 Å². The molecule has 2 heterocycles. The number of nitrogens with zero attached hydrogens (tertiary/aromatic N) is 2. The molecular formula is C20H27N5O3. The van der Waals surface area contributed by atoms with E-state index in [1.807, 2.05) is 25.1 Å². The van der Waals surface area contributed by atoms with Crippen molar-refractivity contribution in [3.05, 3.63) is 45.9 Å². The van der Waals surface area contributed by atoms with Gasteiger partial charge in [-0.3, -0.25) is 19.5 Å². The molecule has 0 unspecified atom stereocenters. The fourth-order valence-electron chi connectivity index (χ4n) is 3.25. The first-order valence-electron chi connectivity index (χ1n) is 9.45. The molecule has 150 valence electrons. The van der Waals surface area contributed by atoms with E-state index in [2.05, 4.69) is 25.5 Å². The minimum Gasteiger partial charge on any atom is -0.497 e. The van der Waals surface area contributed by atoms with Crippen LogP contribution in [0.15, 0.2) is 29.1 Å². The summed E-state index contributed by atoms with van der Waals surface area (Å²) >= 11 is 0. The molecule has 1 aromatic carbocycles. The number of rotatable bonds is 6. The summed E-state index contributed by atoms with van der Waals surface area (Å²) in [5.41, 5.74) is 1.99. The number of carbonyl (C=O) groups is 1. The standard InChI is InChI=1S/C20H27N5O3/c1-13-14(2)21-20(24-19(13)27)23-15-7-9-25(10-8-15)12-18(26)22-16-5-4-6-17(11-16)28-3/h4-6,11,15H,7-10,12H2,1-3H3,(H,22,26)(H2,21,23,24,27). The second-order valence-corrected chi connectivity index (χ2v) is 7.10.